The van der Waals surface area contributed by atoms with E-state index in [4.69, 9.17) is 11.6 Å². The van der Waals surface area contributed by atoms with Gasteiger partial charge < -0.3 is 10.6 Å². The minimum atomic E-state index is -3.83. The molecule has 0 spiro atoms. The Morgan fingerprint density at radius 2 is 1.59 bits per heavy atom. The minimum absolute atomic E-state index is 0.0746. The number of rotatable bonds is 6. The molecule has 2 saturated carbocycles. The van der Waals surface area contributed by atoms with Gasteiger partial charge in [0.15, 0.2) is 0 Å². The van der Waals surface area contributed by atoms with Gasteiger partial charge >= 0.3 is 0 Å². The average Bonchev–Trinajstić information content (AvgIpc) is 3.62. The predicted octanol–water partition coefficient (Wildman–Crippen LogP) is 7.69. The normalized spacial score (nSPS) is 24.2. The van der Waals surface area contributed by atoms with Crippen LogP contribution in [0.15, 0.2) is 102 Å². The van der Waals surface area contributed by atoms with Crippen LogP contribution < -0.4 is 15.4 Å². The van der Waals surface area contributed by atoms with E-state index in [2.05, 4.69) is 51.8 Å². The van der Waals surface area contributed by atoms with E-state index >= 15 is 0 Å². The number of carbonyl (C=O) groups excluding carboxylic acids is 1. The maximum absolute atomic E-state index is 13.3. The smallest absolute Gasteiger partial charge is 0.261 e. The van der Waals surface area contributed by atoms with Gasteiger partial charge in [0.2, 0.25) is 0 Å². The molecule has 3 N–H and O–H groups in total. The summed E-state index contributed by atoms with van der Waals surface area (Å²) in [6, 6.07) is 29.7. The number of para-hydroxylation sites is 1. The molecule has 1 aliphatic heterocycles. The standard InChI is InChI=1S/C33H30ClN3O3S/c34-27-8-4-5-9-29(27)37-41(39,40)25-15-13-24(14-16-25)35-33(38)23-12-17-28-26(19-23)30-21-10-11-22(18-21)31(30)32(36-28)20-6-2-1-3-7-20/h1-9,12-17,19,21-22,30-32,36-37H,10-11,18H2,(H,35,38)/t21-,22-,30-,31+,32+/m0/s1. The number of anilines is 3. The molecule has 8 heteroatoms. The van der Waals surface area contributed by atoms with Crippen LogP contribution in [0.25, 0.3) is 0 Å². The summed E-state index contributed by atoms with van der Waals surface area (Å²) >= 11 is 6.11. The second-order valence-corrected chi connectivity index (χ2v) is 13.4. The van der Waals surface area contributed by atoms with Crippen molar-refractivity contribution in [1.82, 2.24) is 0 Å². The highest BCUT2D eigenvalue weighted by Crippen LogP contribution is 2.63. The Bertz CT molecular complexity index is 1730. The van der Waals surface area contributed by atoms with Crippen molar-refractivity contribution in [3.05, 3.63) is 119 Å². The summed E-state index contributed by atoms with van der Waals surface area (Å²) in [7, 11) is -3.83. The fourth-order valence-electron chi connectivity index (χ4n) is 7.29. The van der Waals surface area contributed by atoms with E-state index in [1.165, 1.54) is 42.5 Å². The Morgan fingerprint density at radius 1 is 0.854 bits per heavy atom. The van der Waals surface area contributed by atoms with E-state index in [1.54, 1.807) is 36.4 Å². The summed E-state index contributed by atoms with van der Waals surface area (Å²) < 4.78 is 28.2. The van der Waals surface area contributed by atoms with Gasteiger partial charge in [-0.25, -0.2) is 8.42 Å². The number of amides is 1. The second-order valence-electron chi connectivity index (χ2n) is 11.3. The van der Waals surface area contributed by atoms with Crippen LogP contribution in [0.2, 0.25) is 5.02 Å². The van der Waals surface area contributed by atoms with Crippen molar-refractivity contribution in [2.45, 2.75) is 36.1 Å². The minimum Gasteiger partial charge on any atom is -0.378 e. The fourth-order valence-corrected chi connectivity index (χ4v) is 8.60. The molecule has 1 amide bonds. The first kappa shape index (κ1) is 26.1. The third-order valence-electron chi connectivity index (χ3n) is 9.05. The molecule has 0 radical (unpaired) electrons. The molecule has 4 aromatic rings. The number of nitrogens with one attached hydrogen (secondary N) is 3. The van der Waals surface area contributed by atoms with Crippen LogP contribution in [0.3, 0.4) is 0 Å². The third kappa shape index (κ3) is 4.77. The van der Waals surface area contributed by atoms with E-state index in [1.807, 2.05) is 12.1 Å². The summed E-state index contributed by atoms with van der Waals surface area (Å²) in [5.41, 5.74) is 5.11. The lowest BCUT2D eigenvalue weighted by Crippen LogP contribution is -2.35. The van der Waals surface area contributed by atoms with Gasteiger partial charge in [0.05, 0.1) is 21.6 Å². The highest BCUT2D eigenvalue weighted by Gasteiger charge is 2.53. The molecule has 2 aliphatic carbocycles. The van der Waals surface area contributed by atoms with Crippen LogP contribution in [0.4, 0.5) is 17.1 Å². The average molecular weight is 584 g/mol. The van der Waals surface area contributed by atoms with E-state index in [-0.39, 0.29) is 16.8 Å². The van der Waals surface area contributed by atoms with Gasteiger partial charge in [-0.2, -0.15) is 0 Å². The highest BCUT2D eigenvalue weighted by molar-refractivity contribution is 7.92. The van der Waals surface area contributed by atoms with Gasteiger partial charge in [-0.3, -0.25) is 9.52 Å². The van der Waals surface area contributed by atoms with Gasteiger partial charge in [-0.05, 0) is 109 Å². The SMILES string of the molecule is O=C(Nc1ccc(S(=O)(=O)Nc2ccccc2Cl)cc1)c1ccc2c(c1)[C@@H]1[C@H]3CC[C@@H](C3)[C@H]1[C@@H](c1ccccc1)N2. The molecule has 7 rings (SSSR count). The molecule has 41 heavy (non-hydrogen) atoms. The molecular weight excluding hydrogens is 554 g/mol. The molecule has 208 valence electrons. The lowest BCUT2D eigenvalue weighted by Gasteiger charge is -2.43. The van der Waals surface area contributed by atoms with Crippen molar-refractivity contribution in [1.29, 1.82) is 0 Å². The van der Waals surface area contributed by atoms with E-state index in [0.29, 0.717) is 45.6 Å². The molecule has 0 saturated heterocycles. The Balaban J connectivity index is 1.10. The van der Waals surface area contributed by atoms with E-state index < -0.39 is 10.0 Å². The van der Waals surface area contributed by atoms with Crippen LogP contribution >= 0.6 is 11.6 Å². The number of hydrogen-bond acceptors (Lipinski definition) is 4. The summed E-state index contributed by atoms with van der Waals surface area (Å²) in [6.45, 7) is 0. The zero-order chi connectivity index (χ0) is 28.1. The summed E-state index contributed by atoms with van der Waals surface area (Å²) in [6.07, 6.45) is 3.80. The fraction of sp³-hybridized carbons (Fsp3) is 0.242. The number of carbonyl (C=O) groups is 1. The van der Waals surface area contributed by atoms with E-state index in [0.717, 1.165) is 5.69 Å². The summed E-state index contributed by atoms with van der Waals surface area (Å²) in [5, 5.41) is 7.07. The number of halogens is 1. The molecule has 3 aliphatic rings. The molecule has 4 aromatic carbocycles. The predicted molar refractivity (Wildman–Crippen MR) is 163 cm³/mol. The number of hydrogen-bond donors (Lipinski definition) is 3. The molecular formula is C33H30ClN3O3S. The molecule has 1 heterocycles. The van der Waals surface area contributed by atoms with Crippen LogP contribution in [-0.2, 0) is 10.0 Å². The quantitative estimate of drug-likeness (QED) is 0.217. The largest absolute Gasteiger partial charge is 0.378 e. The summed E-state index contributed by atoms with van der Waals surface area (Å²) in [5.74, 6) is 2.11. The lowest BCUT2D eigenvalue weighted by atomic mass is 9.68. The maximum atomic E-state index is 13.3. The van der Waals surface area contributed by atoms with Crippen molar-refractivity contribution in [3.63, 3.8) is 0 Å². The second kappa shape index (κ2) is 10.2. The molecule has 2 bridgehead atoms. The molecule has 0 aromatic heterocycles. The van der Waals surface area contributed by atoms with Crippen LogP contribution in [-0.4, -0.2) is 14.3 Å². The Hall–Kier alpha value is -3.81. The first-order valence-electron chi connectivity index (χ1n) is 14.0. The first-order valence-corrected chi connectivity index (χ1v) is 15.9. The summed E-state index contributed by atoms with van der Waals surface area (Å²) in [4.78, 5) is 13.4. The molecule has 5 atom stereocenters. The monoisotopic (exact) mass is 583 g/mol. The van der Waals surface area contributed by atoms with Crippen molar-refractivity contribution in [3.8, 4) is 0 Å². The van der Waals surface area contributed by atoms with Gasteiger partial charge in [0, 0.05) is 16.9 Å². The topological polar surface area (TPSA) is 87.3 Å². The van der Waals surface area contributed by atoms with Crippen molar-refractivity contribution < 1.29 is 13.2 Å². The first-order chi connectivity index (χ1) is 19.9. The van der Waals surface area contributed by atoms with Crippen LogP contribution in [0, 0.1) is 17.8 Å². The van der Waals surface area contributed by atoms with Gasteiger partial charge in [-0.15, -0.1) is 0 Å². The van der Waals surface area contributed by atoms with Crippen LogP contribution in [0.1, 0.15) is 52.7 Å². The van der Waals surface area contributed by atoms with Gasteiger partial charge in [-0.1, -0.05) is 54.1 Å². The Labute approximate surface area is 245 Å². The van der Waals surface area contributed by atoms with Gasteiger partial charge in [0.1, 0.15) is 0 Å². The molecule has 0 unspecified atom stereocenters. The zero-order valence-electron chi connectivity index (χ0n) is 22.3. The highest BCUT2D eigenvalue weighted by atomic mass is 35.5. The van der Waals surface area contributed by atoms with Crippen LogP contribution in [0.5, 0.6) is 0 Å². The van der Waals surface area contributed by atoms with Crippen molar-refractivity contribution in [2.24, 2.45) is 17.8 Å². The maximum Gasteiger partial charge on any atom is 0.261 e. The molecule has 6 nitrogen and oxygen atoms in total. The number of fused-ring (bicyclic) bond motifs is 7. The number of benzene rings is 4. The number of sulfonamides is 1. The molecule has 2 fully saturated rings. The Morgan fingerprint density at radius 3 is 2.37 bits per heavy atom. The van der Waals surface area contributed by atoms with Gasteiger partial charge in [0.25, 0.3) is 15.9 Å². The Kier molecular flexibility index (Phi) is 6.51. The lowest BCUT2D eigenvalue weighted by molar-refractivity contribution is 0.102. The van der Waals surface area contributed by atoms with Crippen molar-refractivity contribution >= 4 is 44.6 Å². The zero-order valence-corrected chi connectivity index (χ0v) is 23.8. The third-order valence-corrected chi connectivity index (χ3v) is 10.8. The van der Waals surface area contributed by atoms with E-state index in [9.17, 15) is 13.2 Å². The van der Waals surface area contributed by atoms with Crippen molar-refractivity contribution in [2.75, 3.05) is 15.4 Å².